The molecule has 0 saturated carbocycles. The normalized spacial score (nSPS) is 12.7. The van der Waals surface area contributed by atoms with Crippen molar-refractivity contribution in [2.75, 3.05) is 0 Å². The highest BCUT2D eigenvalue weighted by molar-refractivity contribution is 7.15. The van der Waals surface area contributed by atoms with Crippen molar-refractivity contribution < 1.29 is 5.11 Å². The Labute approximate surface area is 119 Å². The van der Waals surface area contributed by atoms with Gasteiger partial charge in [0.1, 0.15) is 5.01 Å². The van der Waals surface area contributed by atoms with Crippen LogP contribution in [0.4, 0.5) is 0 Å². The highest BCUT2D eigenvalue weighted by Gasteiger charge is 2.20. The number of thiazole rings is 1. The summed E-state index contributed by atoms with van der Waals surface area (Å²) in [6.45, 7) is 10.2. The van der Waals surface area contributed by atoms with Gasteiger partial charge in [-0.25, -0.2) is 4.98 Å². The van der Waals surface area contributed by atoms with Gasteiger partial charge in [-0.15, -0.1) is 11.3 Å². The van der Waals surface area contributed by atoms with Crippen molar-refractivity contribution in [1.29, 1.82) is 0 Å². The Bertz CT molecular complexity index is 556. The van der Waals surface area contributed by atoms with Crippen molar-refractivity contribution in [3.63, 3.8) is 0 Å². The minimum atomic E-state index is -0.818. The summed E-state index contributed by atoms with van der Waals surface area (Å²) in [4.78, 5) is 5.29. The summed E-state index contributed by atoms with van der Waals surface area (Å²) >= 11 is 1.55. The Morgan fingerprint density at radius 1 is 1.00 bits per heavy atom. The van der Waals surface area contributed by atoms with Crippen LogP contribution in [0.25, 0.3) is 10.6 Å². The Hall–Kier alpha value is -1.19. The van der Waals surface area contributed by atoms with Gasteiger partial charge in [-0.2, -0.15) is 0 Å². The fraction of sp³-hybridized carbons (Fsp3) is 0.438. The topological polar surface area (TPSA) is 33.1 Å². The maximum absolute atomic E-state index is 9.97. The SMILES string of the molecule is CC(C)(C)c1ccc(-c2ncc(C(C)(C)O)s2)cc1. The first-order chi connectivity index (χ1) is 8.68. The summed E-state index contributed by atoms with van der Waals surface area (Å²) in [5, 5.41) is 10.9. The number of aliphatic hydroxyl groups is 1. The van der Waals surface area contributed by atoms with Crippen LogP contribution < -0.4 is 0 Å². The van der Waals surface area contributed by atoms with E-state index in [0.29, 0.717) is 0 Å². The molecule has 0 radical (unpaired) electrons. The lowest BCUT2D eigenvalue weighted by atomic mass is 9.87. The first-order valence-corrected chi connectivity index (χ1v) is 7.29. The molecule has 0 spiro atoms. The lowest BCUT2D eigenvalue weighted by molar-refractivity contribution is 0.0823. The Morgan fingerprint density at radius 3 is 2.00 bits per heavy atom. The number of benzene rings is 1. The van der Waals surface area contributed by atoms with Crippen molar-refractivity contribution in [1.82, 2.24) is 4.98 Å². The Morgan fingerprint density at radius 2 is 1.58 bits per heavy atom. The number of hydrogen-bond acceptors (Lipinski definition) is 3. The molecule has 0 aliphatic carbocycles. The molecule has 0 aliphatic rings. The van der Waals surface area contributed by atoms with Crippen LogP contribution in [0.15, 0.2) is 30.5 Å². The Balaban J connectivity index is 2.31. The van der Waals surface area contributed by atoms with Crippen LogP contribution in [0.5, 0.6) is 0 Å². The molecule has 1 aromatic heterocycles. The van der Waals surface area contributed by atoms with E-state index >= 15 is 0 Å². The third-order valence-electron chi connectivity index (χ3n) is 3.11. The van der Waals surface area contributed by atoms with Crippen LogP contribution in [-0.2, 0) is 11.0 Å². The largest absolute Gasteiger partial charge is 0.385 e. The van der Waals surface area contributed by atoms with Gasteiger partial charge < -0.3 is 5.11 Å². The van der Waals surface area contributed by atoms with Crippen LogP contribution in [0, 0.1) is 0 Å². The zero-order valence-electron chi connectivity index (χ0n) is 12.2. The molecule has 19 heavy (non-hydrogen) atoms. The summed E-state index contributed by atoms with van der Waals surface area (Å²) in [6.07, 6.45) is 1.76. The van der Waals surface area contributed by atoms with Gasteiger partial charge in [0, 0.05) is 11.8 Å². The molecule has 2 aromatic rings. The molecule has 0 saturated heterocycles. The molecule has 1 heterocycles. The number of rotatable bonds is 2. The van der Waals surface area contributed by atoms with Crippen LogP contribution in [0.1, 0.15) is 45.1 Å². The third-order valence-corrected chi connectivity index (χ3v) is 4.47. The van der Waals surface area contributed by atoms with E-state index in [4.69, 9.17) is 0 Å². The molecule has 0 fully saturated rings. The highest BCUT2D eigenvalue weighted by atomic mass is 32.1. The van der Waals surface area contributed by atoms with Gasteiger partial charge in [0.05, 0.1) is 10.5 Å². The molecular formula is C16H21NOS. The maximum Gasteiger partial charge on any atom is 0.123 e. The van der Waals surface area contributed by atoms with Gasteiger partial charge in [0.25, 0.3) is 0 Å². The second kappa shape index (κ2) is 4.73. The van der Waals surface area contributed by atoms with E-state index in [0.717, 1.165) is 15.4 Å². The molecule has 0 aliphatic heterocycles. The van der Waals surface area contributed by atoms with Gasteiger partial charge in [0.2, 0.25) is 0 Å². The van der Waals surface area contributed by atoms with Gasteiger partial charge in [-0.3, -0.25) is 0 Å². The van der Waals surface area contributed by atoms with Crippen molar-refractivity contribution in [3.05, 3.63) is 40.9 Å². The summed E-state index contributed by atoms with van der Waals surface area (Å²) in [6, 6.07) is 8.52. The van der Waals surface area contributed by atoms with E-state index < -0.39 is 5.60 Å². The second-order valence-corrected chi connectivity index (χ2v) is 7.45. The molecule has 0 bridgehead atoms. The van der Waals surface area contributed by atoms with Crippen molar-refractivity contribution in [2.45, 2.75) is 45.6 Å². The minimum absolute atomic E-state index is 0.166. The quantitative estimate of drug-likeness (QED) is 0.884. The molecule has 3 heteroatoms. The Kier molecular flexibility index (Phi) is 3.54. The predicted octanol–water partition coefficient (Wildman–Crippen LogP) is 4.34. The number of nitrogens with zero attached hydrogens (tertiary/aromatic N) is 1. The summed E-state index contributed by atoms with van der Waals surface area (Å²) in [5.74, 6) is 0. The van der Waals surface area contributed by atoms with E-state index in [9.17, 15) is 5.11 Å². The average molecular weight is 275 g/mol. The third kappa shape index (κ3) is 3.23. The average Bonchev–Trinajstić information content (AvgIpc) is 2.77. The molecule has 0 atom stereocenters. The van der Waals surface area contributed by atoms with Crippen LogP contribution in [0.3, 0.4) is 0 Å². The van der Waals surface area contributed by atoms with E-state index in [1.807, 2.05) is 0 Å². The van der Waals surface area contributed by atoms with Crippen LogP contribution >= 0.6 is 11.3 Å². The van der Waals surface area contributed by atoms with E-state index in [2.05, 4.69) is 50.0 Å². The zero-order chi connectivity index (χ0) is 14.3. The minimum Gasteiger partial charge on any atom is -0.385 e. The van der Waals surface area contributed by atoms with Crippen molar-refractivity contribution in [2.24, 2.45) is 0 Å². The second-order valence-electron chi connectivity index (χ2n) is 6.42. The molecule has 102 valence electrons. The molecule has 2 nitrogen and oxygen atoms in total. The van der Waals surface area contributed by atoms with Gasteiger partial charge in [-0.1, -0.05) is 45.0 Å². The first-order valence-electron chi connectivity index (χ1n) is 6.47. The molecular weight excluding hydrogens is 254 g/mol. The fourth-order valence-electron chi connectivity index (χ4n) is 1.80. The van der Waals surface area contributed by atoms with E-state index in [-0.39, 0.29) is 5.41 Å². The zero-order valence-corrected chi connectivity index (χ0v) is 13.0. The molecule has 0 unspecified atom stereocenters. The molecule has 1 N–H and O–H groups in total. The smallest absolute Gasteiger partial charge is 0.123 e. The van der Waals surface area contributed by atoms with Gasteiger partial charge >= 0.3 is 0 Å². The van der Waals surface area contributed by atoms with E-state index in [1.54, 1.807) is 31.4 Å². The molecule has 2 rings (SSSR count). The van der Waals surface area contributed by atoms with Gasteiger partial charge in [0.15, 0.2) is 0 Å². The van der Waals surface area contributed by atoms with E-state index in [1.165, 1.54) is 5.56 Å². The molecule has 0 amide bonds. The lowest BCUT2D eigenvalue weighted by Gasteiger charge is -2.18. The van der Waals surface area contributed by atoms with Crippen LogP contribution in [0.2, 0.25) is 0 Å². The number of aromatic nitrogens is 1. The fourth-order valence-corrected chi connectivity index (χ4v) is 2.73. The first kappa shape index (κ1) is 14.2. The van der Waals surface area contributed by atoms with Crippen molar-refractivity contribution >= 4 is 11.3 Å². The monoisotopic (exact) mass is 275 g/mol. The summed E-state index contributed by atoms with van der Waals surface area (Å²) in [5.41, 5.74) is 1.77. The lowest BCUT2D eigenvalue weighted by Crippen LogP contribution is -2.12. The summed E-state index contributed by atoms with van der Waals surface area (Å²) < 4.78 is 0. The number of hydrogen-bond donors (Lipinski definition) is 1. The van der Waals surface area contributed by atoms with Crippen molar-refractivity contribution in [3.8, 4) is 10.6 Å². The predicted molar refractivity (Wildman–Crippen MR) is 81.5 cm³/mol. The highest BCUT2D eigenvalue weighted by Crippen LogP contribution is 2.32. The van der Waals surface area contributed by atoms with Crippen LogP contribution in [-0.4, -0.2) is 10.1 Å². The standard InChI is InChI=1S/C16H21NOS/c1-15(2,3)12-8-6-11(7-9-12)14-17-10-13(19-14)16(4,5)18/h6-10,18H,1-5H3. The molecule has 1 aromatic carbocycles. The summed E-state index contributed by atoms with van der Waals surface area (Å²) in [7, 11) is 0. The van der Waals surface area contributed by atoms with Gasteiger partial charge in [-0.05, 0) is 24.8 Å². The maximum atomic E-state index is 9.97.